The van der Waals surface area contributed by atoms with Gasteiger partial charge in [0.25, 0.3) is 0 Å². The quantitative estimate of drug-likeness (QED) is 0.112. The number of pyridine rings is 3. The average Bonchev–Trinajstić information content (AvgIpc) is 3.90. The van der Waals surface area contributed by atoms with Crippen molar-refractivity contribution >= 4 is 11.9 Å². The number of benzene rings is 7. The Kier molecular flexibility index (Phi) is 10.9. The van der Waals surface area contributed by atoms with Gasteiger partial charge in [0.05, 0.1) is 5.69 Å². The van der Waals surface area contributed by atoms with Gasteiger partial charge in [0.1, 0.15) is 0 Å². The van der Waals surface area contributed by atoms with Crippen molar-refractivity contribution < 1.29 is 24.7 Å². The van der Waals surface area contributed by atoms with E-state index >= 15 is 0 Å². The van der Waals surface area contributed by atoms with Crippen LogP contribution < -0.4 is 0 Å². The Morgan fingerprint density at radius 1 is 0.409 bits per heavy atom. The van der Waals surface area contributed by atoms with E-state index in [9.17, 15) is 0 Å². The van der Waals surface area contributed by atoms with Gasteiger partial charge < -0.3 is 9.97 Å². The summed E-state index contributed by atoms with van der Waals surface area (Å²) in [5, 5.41) is 0. The minimum Gasteiger partial charge on any atom is -0.304 e. The fraction of sp³-hybridized carbons (Fsp3) is 0.0164. The second kappa shape index (κ2) is 17.6. The van der Waals surface area contributed by atoms with Gasteiger partial charge in [-0.25, -0.2) is 4.58 Å². The maximum atomic E-state index is 5.17. The van der Waals surface area contributed by atoms with E-state index in [4.69, 9.17) is 15.0 Å². The molecular weight excluding hydrogens is 981 g/mol. The van der Waals surface area contributed by atoms with Crippen LogP contribution in [0.4, 0.5) is 5.69 Å². The van der Waals surface area contributed by atoms with Crippen LogP contribution in [0.3, 0.4) is 0 Å². The van der Waals surface area contributed by atoms with E-state index in [1.165, 1.54) is 5.56 Å². The molecule has 10 aromatic rings. The van der Waals surface area contributed by atoms with Crippen LogP contribution in [0.15, 0.2) is 219 Å². The Labute approximate surface area is 398 Å². The zero-order chi connectivity index (χ0) is 43.1. The maximum Gasteiger partial charge on any atom is 3.00 e. The van der Waals surface area contributed by atoms with Crippen molar-refractivity contribution in [3.8, 4) is 101 Å². The van der Waals surface area contributed by atoms with E-state index in [1.807, 2.05) is 73.2 Å². The molecule has 0 radical (unpaired) electrons. The van der Waals surface area contributed by atoms with E-state index in [2.05, 4.69) is 175 Å². The van der Waals surface area contributed by atoms with Gasteiger partial charge in [-0.15, -0.1) is 102 Å². The van der Waals surface area contributed by atoms with E-state index in [0.717, 1.165) is 106 Å². The third kappa shape index (κ3) is 7.44. The van der Waals surface area contributed by atoms with Crippen molar-refractivity contribution in [2.45, 2.75) is 6.04 Å². The predicted octanol–water partition coefficient (Wildman–Crippen LogP) is 14.6. The van der Waals surface area contributed by atoms with Crippen LogP contribution in [-0.4, -0.2) is 25.7 Å². The summed E-state index contributed by atoms with van der Waals surface area (Å²) < 4.78 is 2.33. The molecule has 12 rings (SSSR count). The molecule has 1 atom stereocenters. The van der Waals surface area contributed by atoms with E-state index in [1.54, 1.807) is 0 Å². The Morgan fingerprint density at radius 2 is 0.879 bits per heavy atom. The predicted molar refractivity (Wildman–Crippen MR) is 263 cm³/mol. The van der Waals surface area contributed by atoms with E-state index in [0.29, 0.717) is 0 Å². The summed E-state index contributed by atoms with van der Waals surface area (Å²) in [5.74, 6) is 0. The average molecular weight is 1020 g/mol. The van der Waals surface area contributed by atoms with Crippen molar-refractivity contribution in [1.29, 1.82) is 0 Å². The van der Waals surface area contributed by atoms with Crippen molar-refractivity contribution in [2.24, 2.45) is 0 Å². The topological polar surface area (TPSA) is 41.7 Å². The Hall–Kier alpha value is -7.95. The number of hydrogen-bond acceptors (Lipinski definition) is 3. The fourth-order valence-electron chi connectivity index (χ4n) is 9.39. The molecule has 1 unspecified atom stereocenters. The molecule has 5 heterocycles. The van der Waals surface area contributed by atoms with Crippen LogP contribution in [0.1, 0.15) is 11.6 Å². The van der Waals surface area contributed by atoms with Gasteiger partial charge >= 0.3 is 20.1 Å². The smallest absolute Gasteiger partial charge is 0.304 e. The maximum absolute atomic E-state index is 5.17. The Balaban J connectivity index is 0.00000481. The molecular formula is C61H38IrN4+. The Bertz CT molecular complexity index is 3320. The van der Waals surface area contributed by atoms with E-state index in [-0.39, 0.29) is 26.1 Å². The first-order valence-electron chi connectivity index (χ1n) is 21.9. The van der Waals surface area contributed by atoms with Crippen LogP contribution >= 0.6 is 0 Å². The number of nitrogens with zero attached hydrogens (tertiary/aromatic N) is 4. The molecule has 310 valence electrons. The van der Waals surface area contributed by atoms with Crippen molar-refractivity contribution in [2.75, 3.05) is 0 Å². The second-order valence-electron chi connectivity index (χ2n) is 16.3. The molecule has 0 bridgehead atoms. The Morgan fingerprint density at radius 3 is 1.36 bits per heavy atom. The molecule has 3 aromatic heterocycles. The normalized spacial score (nSPS) is 13.2. The fourth-order valence-corrected chi connectivity index (χ4v) is 9.39. The molecule has 7 aromatic carbocycles. The van der Waals surface area contributed by atoms with Crippen LogP contribution in [0.25, 0.3) is 101 Å². The summed E-state index contributed by atoms with van der Waals surface area (Å²) >= 11 is 0. The number of allylic oxidation sites excluding steroid dienone is 1. The molecule has 2 aliphatic heterocycles. The third-order valence-corrected chi connectivity index (χ3v) is 12.5. The van der Waals surface area contributed by atoms with Crippen LogP contribution in [-0.2, 0) is 20.1 Å². The molecule has 4 nitrogen and oxygen atoms in total. The summed E-state index contributed by atoms with van der Waals surface area (Å²) in [6.45, 7) is 0. The molecule has 0 fully saturated rings. The van der Waals surface area contributed by atoms with Gasteiger partial charge in [-0.2, -0.15) is 0 Å². The summed E-state index contributed by atoms with van der Waals surface area (Å²) in [6, 6.07) is 76.2. The van der Waals surface area contributed by atoms with Gasteiger partial charge in [-0.3, -0.25) is 4.98 Å². The molecule has 0 saturated heterocycles. The number of aromatic nitrogens is 3. The first-order chi connectivity index (χ1) is 32.2. The first-order valence-corrected chi connectivity index (χ1v) is 21.9. The summed E-state index contributed by atoms with van der Waals surface area (Å²) in [7, 11) is 0. The SMILES string of the molecule is [Ir+3].[c-]1ccccc1-c1ccc(-c2ccccc2-c2cc(-c3ccccc3-c3ccc(-c4[c-]cccc4)nc3)cc(-c3ccccc3-c3cnc4c(c3)[N+]3=CC=CC3c3ccc[c-]c3-4)c2)cn1. The zero-order valence-electron chi connectivity index (χ0n) is 35.6. The number of fused-ring (bicyclic) bond motifs is 6. The minimum atomic E-state index is 0. The standard InChI is InChI=1S/C61H38N4.Ir/c1-3-16-41(17-4-1)57-31-29-43(38-62-57)49-20-7-9-22-51(49)45-34-46(52-23-10-8-21-50(52)44-30-32-58(63-39-44)42-18-5-2-6-19-42)36-47(35-45)53-24-11-12-25-54(53)48-37-60-61(64-40-48)56-27-14-13-26-55(56)59-28-15-33-65(59)60;/h1-16,18,20-26,28-40,59H;/q-2;+3. The molecule has 0 aliphatic carbocycles. The van der Waals surface area contributed by atoms with E-state index < -0.39 is 0 Å². The molecule has 5 heteroatoms. The van der Waals surface area contributed by atoms with Crippen molar-refractivity contribution in [1.82, 2.24) is 15.0 Å². The molecule has 66 heavy (non-hydrogen) atoms. The third-order valence-electron chi connectivity index (χ3n) is 12.5. The van der Waals surface area contributed by atoms with Gasteiger partial charge in [-0.1, -0.05) is 103 Å². The van der Waals surface area contributed by atoms with Crippen molar-refractivity contribution in [3.63, 3.8) is 0 Å². The minimum absolute atomic E-state index is 0. The first kappa shape index (κ1) is 40.8. The second-order valence-corrected chi connectivity index (χ2v) is 16.3. The van der Waals surface area contributed by atoms with Gasteiger partial charge in [0.15, 0.2) is 17.9 Å². The zero-order valence-corrected chi connectivity index (χ0v) is 38.0. The van der Waals surface area contributed by atoms with Crippen LogP contribution in [0.5, 0.6) is 0 Å². The molecule has 2 aliphatic rings. The summed E-state index contributed by atoms with van der Waals surface area (Å²) in [6.07, 6.45) is 12.5. The van der Waals surface area contributed by atoms with Gasteiger partial charge in [0.2, 0.25) is 0 Å². The largest absolute Gasteiger partial charge is 3.00 e. The number of hydrogen-bond donors (Lipinski definition) is 0. The molecule has 0 N–H and O–H groups in total. The van der Waals surface area contributed by atoms with Crippen molar-refractivity contribution in [3.05, 3.63) is 243 Å². The molecule has 0 saturated carbocycles. The van der Waals surface area contributed by atoms with Crippen LogP contribution in [0.2, 0.25) is 0 Å². The van der Waals surface area contributed by atoms with Gasteiger partial charge in [-0.05, 0) is 96.9 Å². The van der Waals surface area contributed by atoms with Gasteiger partial charge in [0, 0.05) is 36.3 Å². The number of rotatable bonds is 8. The van der Waals surface area contributed by atoms with Crippen LogP contribution in [0, 0.1) is 18.2 Å². The molecule has 0 amide bonds. The summed E-state index contributed by atoms with van der Waals surface area (Å²) in [5.41, 5.74) is 21.1. The monoisotopic (exact) mass is 1020 g/mol. The molecule has 0 spiro atoms. The summed E-state index contributed by atoms with van der Waals surface area (Å²) in [4.78, 5) is 15.0.